The molecule has 1 fully saturated rings. The van der Waals surface area contributed by atoms with Gasteiger partial charge < -0.3 is 15.0 Å². The maximum Gasteiger partial charge on any atom is 0.292 e. The first kappa shape index (κ1) is 18.5. The van der Waals surface area contributed by atoms with Crippen LogP contribution in [0.25, 0.3) is 0 Å². The van der Waals surface area contributed by atoms with Gasteiger partial charge in [0.15, 0.2) is 0 Å². The summed E-state index contributed by atoms with van der Waals surface area (Å²) in [7, 11) is 1.52. The van der Waals surface area contributed by atoms with Crippen molar-refractivity contribution in [3.05, 3.63) is 40.3 Å². The molecule has 1 N–H and O–H groups in total. The van der Waals surface area contributed by atoms with Crippen molar-refractivity contribution in [2.45, 2.75) is 37.2 Å². The molecule has 0 atom stereocenters. The zero-order valence-corrected chi connectivity index (χ0v) is 16.4. The summed E-state index contributed by atoms with van der Waals surface area (Å²) in [6.45, 7) is 1.66. The molecule has 0 saturated heterocycles. The minimum Gasteiger partial charge on any atom is -0.495 e. The van der Waals surface area contributed by atoms with Crippen LogP contribution in [0.5, 0.6) is 5.75 Å². The van der Waals surface area contributed by atoms with Crippen molar-refractivity contribution in [3.8, 4) is 5.75 Å². The van der Waals surface area contributed by atoms with Gasteiger partial charge in [-0.2, -0.15) is 5.10 Å². The molecular formula is C19H20N4O4S. The van der Waals surface area contributed by atoms with Gasteiger partial charge in [-0.15, -0.1) is 11.8 Å². The smallest absolute Gasteiger partial charge is 0.292 e. The number of benzene rings is 1. The lowest BCUT2D eigenvalue weighted by Crippen LogP contribution is -2.43. The third-order valence-corrected chi connectivity index (χ3v) is 5.68. The minimum atomic E-state index is -0.420. The van der Waals surface area contributed by atoms with E-state index in [4.69, 9.17) is 4.74 Å². The lowest BCUT2D eigenvalue weighted by Gasteiger charge is -2.28. The van der Waals surface area contributed by atoms with Crippen LogP contribution >= 0.6 is 11.8 Å². The quantitative estimate of drug-likeness (QED) is 0.823. The summed E-state index contributed by atoms with van der Waals surface area (Å²) in [5.74, 6) is 0.379. The molecule has 2 aliphatic rings. The number of hydrogen-bond acceptors (Lipinski definition) is 6. The van der Waals surface area contributed by atoms with E-state index in [-0.39, 0.29) is 18.5 Å². The van der Waals surface area contributed by atoms with E-state index in [0.717, 1.165) is 23.1 Å². The minimum absolute atomic E-state index is 0.0659. The number of fused-ring (bicyclic) bond motifs is 1. The number of aromatic nitrogens is 2. The van der Waals surface area contributed by atoms with Gasteiger partial charge in [0.05, 0.1) is 29.6 Å². The molecule has 0 radical (unpaired) electrons. The van der Waals surface area contributed by atoms with Gasteiger partial charge in [-0.05, 0) is 37.5 Å². The lowest BCUT2D eigenvalue weighted by molar-refractivity contribution is -0.117. The first-order valence-electron chi connectivity index (χ1n) is 8.97. The second-order valence-corrected chi connectivity index (χ2v) is 7.87. The Morgan fingerprint density at radius 2 is 2.14 bits per heavy atom. The standard InChI is InChI=1S/C19H20N4O4S/c1-11-3-6-14(27-2)13(7-11)21-16(24)9-22-19(26)18-15(8-20-22)28-10-17(25)23(18)12-4-5-12/h3,6-8,12H,4-5,9-10H2,1-2H3,(H,21,24). The number of amides is 2. The molecular weight excluding hydrogens is 380 g/mol. The molecule has 1 aliphatic heterocycles. The van der Waals surface area contributed by atoms with Crippen LogP contribution in [0.15, 0.2) is 34.1 Å². The summed E-state index contributed by atoms with van der Waals surface area (Å²) >= 11 is 1.31. The Labute approximate surface area is 165 Å². The molecule has 8 nitrogen and oxygen atoms in total. The van der Waals surface area contributed by atoms with E-state index >= 15 is 0 Å². The Kier molecular flexibility index (Phi) is 4.84. The monoisotopic (exact) mass is 400 g/mol. The van der Waals surface area contributed by atoms with Crippen LogP contribution in [0.4, 0.5) is 11.4 Å². The highest BCUT2D eigenvalue weighted by Gasteiger charge is 2.39. The first-order valence-corrected chi connectivity index (χ1v) is 9.96. The van der Waals surface area contributed by atoms with Gasteiger partial charge in [-0.1, -0.05) is 6.07 Å². The van der Waals surface area contributed by atoms with Crippen molar-refractivity contribution >= 4 is 35.0 Å². The molecule has 9 heteroatoms. The van der Waals surface area contributed by atoms with Gasteiger partial charge >= 0.3 is 0 Å². The maximum absolute atomic E-state index is 13.0. The average Bonchev–Trinajstić information content (AvgIpc) is 3.49. The topological polar surface area (TPSA) is 93.5 Å². The molecule has 146 valence electrons. The fourth-order valence-electron chi connectivity index (χ4n) is 3.20. The Balaban J connectivity index is 1.59. The third kappa shape index (κ3) is 3.49. The van der Waals surface area contributed by atoms with Gasteiger partial charge in [-0.25, -0.2) is 4.68 Å². The van der Waals surface area contributed by atoms with Gasteiger partial charge in [0.1, 0.15) is 18.0 Å². The van der Waals surface area contributed by atoms with E-state index in [1.54, 1.807) is 23.2 Å². The van der Waals surface area contributed by atoms with Crippen molar-refractivity contribution in [3.63, 3.8) is 0 Å². The van der Waals surface area contributed by atoms with Gasteiger partial charge in [0, 0.05) is 6.04 Å². The molecule has 1 aromatic carbocycles. The second kappa shape index (κ2) is 7.31. The van der Waals surface area contributed by atoms with Crippen molar-refractivity contribution in [2.24, 2.45) is 0 Å². The Bertz CT molecular complexity index is 1020. The van der Waals surface area contributed by atoms with Crippen molar-refractivity contribution in [1.82, 2.24) is 9.78 Å². The number of anilines is 2. The Hall–Kier alpha value is -2.81. The van der Waals surface area contributed by atoms with Gasteiger partial charge in [0.2, 0.25) is 11.8 Å². The summed E-state index contributed by atoms with van der Waals surface area (Å²) in [6.07, 6.45) is 3.35. The molecule has 2 heterocycles. The van der Waals surface area contributed by atoms with Crippen LogP contribution in [0.1, 0.15) is 18.4 Å². The lowest BCUT2D eigenvalue weighted by atomic mass is 10.2. The molecule has 1 aromatic heterocycles. The summed E-state index contributed by atoms with van der Waals surface area (Å²) in [4.78, 5) is 40.1. The number of methoxy groups -OCH3 is 1. The predicted octanol–water partition coefficient (Wildman–Crippen LogP) is 1.80. The predicted molar refractivity (Wildman–Crippen MR) is 106 cm³/mol. The zero-order chi connectivity index (χ0) is 19.8. The van der Waals surface area contributed by atoms with Crippen LogP contribution in [-0.2, 0) is 16.1 Å². The largest absolute Gasteiger partial charge is 0.495 e. The van der Waals surface area contributed by atoms with Gasteiger partial charge in [0.25, 0.3) is 5.56 Å². The summed E-state index contributed by atoms with van der Waals surface area (Å²) in [6, 6.07) is 5.53. The van der Waals surface area contributed by atoms with E-state index < -0.39 is 11.5 Å². The number of rotatable bonds is 5. The summed E-state index contributed by atoms with van der Waals surface area (Å²) in [5, 5.41) is 6.89. The van der Waals surface area contributed by atoms with Crippen LogP contribution in [0.3, 0.4) is 0 Å². The highest BCUT2D eigenvalue weighted by molar-refractivity contribution is 8.00. The van der Waals surface area contributed by atoms with E-state index in [0.29, 0.717) is 27.8 Å². The Morgan fingerprint density at radius 3 is 2.86 bits per heavy atom. The van der Waals surface area contributed by atoms with Crippen LogP contribution in [0.2, 0.25) is 0 Å². The number of aryl methyl sites for hydroxylation is 1. The zero-order valence-electron chi connectivity index (χ0n) is 15.6. The fourth-order valence-corrected chi connectivity index (χ4v) is 4.06. The van der Waals surface area contributed by atoms with Crippen molar-refractivity contribution < 1.29 is 14.3 Å². The average molecular weight is 400 g/mol. The maximum atomic E-state index is 13.0. The number of carbonyl (C=O) groups excluding carboxylic acids is 2. The summed E-state index contributed by atoms with van der Waals surface area (Å²) in [5.41, 5.74) is 1.43. The summed E-state index contributed by atoms with van der Waals surface area (Å²) < 4.78 is 6.37. The van der Waals surface area contributed by atoms with Crippen LogP contribution in [0, 0.1) is 6.92 Å². The van der Waals surface area contributed by atoms with Crippen LogP contribution in [-0.4, -0.2) is 40.5 Å². The first-order chi connectivity index (χ1) is 13.5. The molecule has 0 spiro atoms. The van der Waals surface area contributed by atoms with E-state index in [1.165, 1.54) is 18.9 Å². The van der Waals surface area contributed by atoms with E-state index in [2.05, 4.69) is 10.4 Å². The molecule has 1 saturated carbocycles. The molecule has 2 aromatic rings. The fraction of sp³-hybridized carbons (Fsp3) is 0.368. The molecule has 28 heavy (non-hydrogen) atoms. The highest BCUT2D eigenvalue weighted by atomic mass is 32.2. The number of nitrogens with zero attached hydrogens (tertiary/aromatic N) is 3. The normalized spacial score (nSPS) is 15.9. The third-order valence-electron chi connectivity index (χ3n) is 4.68. The van der Waals surface area contributed by atoms with Crippen molar-refractivity contribution in [1.29, 1.82) is 0 Å². The van der Waals surface area contributed by atoms with E-state index in [1.807, 2.05) is 13.0 Å². The van der Waals surface area contributed by atoms with Gasteiger partial charge in [-0.3, -0.25) is 14.4 Å². The SMILES string of the molecule is COc1ccc(C)cc1NC(=O)Cn1ncc2c(c1=O)N(C1CC1)C(=O)CS2. The van der Waals surface area contributed by atoms with E-state index in [9.17, 15) is 14.4 Å². The number of ether oxygens (including phenoxy) is 1. The number of nitrogens with one attached hydrogen (secondary N) is 1. The second-order valence-electron chi connectivity index (χ2n) is 6.86. The van der Waals surface area contributed by atoms with Crippen molar-refractivity contribution in [2.75, 3.05) is 23.1 Å². The molecule has 0 unspecified atom stereocenters. The number of carbonyl (C=O) groups is 2. The Morgan fingerprint density at radius 1 is 1.36 bits per heavy atom. The number of hydrogen-bond donors (Lipinski definition) is 1. The molecule has 0 bridgehead atoms. The molecule has 2 amide bonds. The number of thioether (sulfide) groups is 1. The van der Waals surface area contributed by atoms with Crippen LogP contribution < -0.4 is 20.5 Å². The highest BCUT2D eigenvalue weighted by Crippen LogP contribution is 2.39. The molecule has 1 aliphatic carbocycles. The molecule has 4 rings (SSSR count).